The molecule has 0 saturated carbocycles. The number of benzene rings is 1. The minimum Gasteiger partial charge on any atom is -0.497 e. The van der Waals surface area contributed by atoms with Crippen LogP contribution in [0.15, 0.2) is 18.2 Å². The van der Waals surface area contributed by atoms with Crippen LogP contribution in [0.1, 0.15) is 18.4 Å². The second-order valence-electron chi connectivity index (χ2n) is 6.39. The van der Waals surface area contributed by atoms with Crippen LogP contribution in [0.25, 0.3) is 0 Å². The molecule has 0 aliphatic carbocycles. The molecule has 1 aromatic carbocycles. The molecular weight excluding hydrogens is 326 g/mol. The number of ether oxygens (including phenoxy) is 3. The van der Waals surface area contributed by atoms with Crippen molar-refractivity contribution in [1.29, 1.82) is 0 Å². The van der Waals surface area contributed by atoms with Crippen LogP contribution >= 0.6 is 0 Å². The van der Waals surface area contributed by atoms with Gasteiger partial charge in [0, 0.05) is 25.3 Å². The van der Waals surface area contributed by atoms with Gasteiger partial charge in [-0.05, 0) is 30.9 Å². The van der Waals surface area contributed by atoms with E-state index in [1.807, 2.05) is 18.2 Å². The molecule has 2 heterocycles. The van der Waals surface area contributed by atoms with E-state index in [9.17, 15) is 14.7 Å². The molecule has 25 heavy (non-hydrogen) atoms. The third-order valence-corrected chi connectivity index (χ3v) is 4.75. The molecular formula is C18H23NO6. The quantitative estimate of drug-likeness (QED) is 0.863. The first kappa shape index (κ1) is 17.5. The Kier molecular flexibility index (Phi) is 5.43. The van der Waals surface area contributed by atoms with Crippen molar-refractivity contribution in [3.63, 3.8) is 0 Å². The van der Waals surface area contributed by atoms with Crippen LogP contribution in [-0.4, -0.2) is 61.4 Å². The number of nitrogens with zero attached hydrogens (tertiary/aromatic N) is 1. The van der Waals surface area contributed by atoms with Crippen molar-refractivity contribution in [1.82, 2.24) is 4.90 Å². The number of amides is 1. The molecule has 1 aromatic rings. The molecule has 0 bridgehead atoms. The zero-order chi connectivity index (χ0) is 17.8. The lowest BCUT2D eigenvalue weighted by atomic mass is 9.94. The largest absolute Gasteiger partial charge is 0.497 e. The fourth-order valence-electron chi connectivity index (χ4n) is 3.40. The summed E-state index contributed by atoms with van der Waals surface area (Å²) in [7, 11) is 1.59. The highest BCUT2D eigenvalue weighted by atomic mass is 16.5. The van der Waals surface area contributed by atoms with Gasteiger partial charge in [0.25, 0.3) is 0 Å². The Morgan fingerprint density at radius 1 is 1.32 bits per heavy atom. The standard InChI is InChI=1S/C18H23NO6/c1-23-15-3-2-12-8-13(11-25-16(12)9-15)18(22)19(10-17(20)21)14-4-6-24-7-5-14/h2-3,9,13-14H,4-8,10-11H2,1H3,(H,20,21)/t13-/m1/s1. The number of hydrogen-bond acceptors (Lipinski definition) is 5. The molecule has 3 rings (SSSR count). The lowest BCUT2D eigenvalue weighted by molar-refractivity contribution is -0.150. The molecule has 1 N–H and O–H groups in total. The number of carbonyl (C=O) groups excluding carboxylic acids is 1. The second kappa shape index (κ2) is 7.74. The van der Waals surface area contributed by atoms with Gasteiger partial charge in [-0.25, -0.2) is 0 Å². The Bertz CT molecular complexity index is 640. The first-order valence-electron chi connectivity index (χ1n) is 8.48. The van der Waals surface area contributed by atoms with Gasteiger partial charge in [0.1, 0.15) is 24.7 Å². The SMILES string of the molecule is COc1ccc2c(c1)OC[C@H](C(=O)N(CC(=O)O)C1CCOCC1)C2. The summed E-state index contributed by atoms with van der Waals surface area (Å²) < 4.78 is 16.3. The summed E-state index contributed by atoms with van der Waals surface area (Å²) in [6.45, 7) is 1.07. The van der Waals surface area contributed by atoms with E-state index in [1.165, 1.54) is 4.90 Å². The van der Waals surface area contributed by atoms with E-state index in [-0.39, 0.29) is 31.0 Å². The fourth-order valence-corrected chi connectivity index (χ4v) is 3.40. The van der Waals surface area contributed by atoms with Gasteiger partial charge >= 0.3 is 5.97 Å². The van der Waals surface area contributed by atoms with Gasteiger partial charge < -0.3 is 24.2 Å². The number of hydrogen-bond donors (Lipinski definition) is 1. The van der Waals surface area contributed by atoms with Crippen molar-refractivity contribution in [2.24, 2.45) is 5.92 Å². The van der Waals surface area contributed by atoms with Gasteiger partial charge in [0.2, 0.25) is 5.91 Å². The van der Waals surface area contributed by atoms with Gasteiger partial charge in [-0.1, -0.05) is 6.07 Å². The van der Waals surface area contributed by atoms with E-state index >= 15 is 0 Å². The molecule has 0 aromatic heterocycles. The summed E-state index contributed by atoms with van der Waals surface area (Å²) in [5, 5.41) is 9.21. The molecule has 0 unspecified atom stereocenters. The number of carboxylic acid groups (broad SMARTS) is 1. The smallest absolute Gasteiger partial charge is 0.323 e. The number of carbonyl (C=O) groups is 2. The zero-order valence-electron chi connectivity index (χ0n) is 14.3. The average Bonchev–Trinajstić information content (AvgIpc) is 2.65. The van der Waals surface area contributed by atoms with Crippen molar-refractivity contribution in [3.05, 3.63) is 23.8 Å². The highest BCUT2D eigenvalue weighted by Crippen LogP contribution is 2.32. The first-order chi connectivity index (χ1) is 12.1. The van der Waals surface area contributed by atoms with E-state index in [0.29, 0.717) is 38.2 Å². The van der Waals surface area contributed by atoms with Crippen LogP contribution in [0, 0.1) is 5.92 Å². The maximum absolute atomic E-state index is 13.0. The van der Waals surface area contributed by atoms with Crippen molar-refractivity contribution < 1.29 is 28.9 Å². The summed E-state index contributed by atoms with van der Waals surface area (Å²) in [5.41, 5.74) is 0.938. The molecule has 2 aliphatic rings. The lowest BCUT2D eigenvalue weighted by Crippen LogP contribution is -2.50. The number of methoxy groups -OCH3 is 1. The van der Waals surface area contributed by atoms with Crippen molar-refractivity contribution in [3.8, 4) is 11.5 Å². The molecule has 0 radical (unpaired) electrons. The summed E-state index contributed by atoms with van der Waals surface area (Å²) in [6.07, 6.45) is 1.87. The molecule has 1 fully saturated rings. The molecule has 1 saturated heterocycles. The van der Waals surface area contributed by atoms with Gasteiger partial charge in [-0.3, -0.25) is 9.59 Å². The first-order valence-corrected chi connectivity index (χ1v) is 8.48. The maximum Gasteiger partial charge on any atom is 0.323 e. The van der Waals surface area contributed by atoms with Crippen LogP contribution in [-0.2, 0) is 20.7 Å². The van der Waals surface area contributed by atoms with Gasteiger partial charge in [0.05, 0.1) is 13.0 Å². The van der Waals surface area contributed by atoms with Crippen molar-refractivity contribution >= 4 is 11.9 Å². The summed E-state index contributed by atoms with van der Waals surface area (Å²) in [4.78, 5) is 25.7. The van der Waals surface area contributed by atoms with E-state index in [2.05, 4.69) is 0 Å². The normalized spacial score (nSPS) is 20.3. The van der Waals surface area contributed by atoms with Gasteiger partial charge in [0.15, 0.2) is 0 Å². The second-order valence-corrected chi connectivity index (χ2v) is 6.39. The average molecular weight is 349 g/mol. The third kappa shape index (κ3) is 4.04. The van der Waals surface area contributed by atoms with Crippen LogP contribution in [0.3, 0.4) is 0 Å². The maximum atomic E-state index is 13.0. The van der Waals surface area contributed by atoms with Crippen LogP contribution in [0.4, 0.5) is 0 Å². The molecule has 7 nitrogen and oxygen atoms in total. The molecule has 7 heteroatoms. The predicted octanol–water partition coefficient (Wildman–Crippen LogP) is 1.34. The minimum absolute atomic E-state index is 0.0883. The molecule has 0 spiro atoms. The van der Waals surface area contributed by atoms with Crippen molar-refractivity contribution in [2.45, 2.75) is 25.3 Å². The number of carboxylic acids is 1. The Hall–Kier alpha value is -2.28. The molecule has 2 aliphatic heterocycles. The molecule has 136 valence electrons. The summed E-state index contributed by atoms with van der Waals surface area (Å²) >= 11 is 0. The Morgan fingerprint density at radius 3 is 2.76 bits per heavy atom. The van der Waals surface area contributed by atoms with Gasteiger partial charge in [-0.15, -0.1) is 0 Å². The number of aliphatic carboxylic acids is 1. The number of fused-ring (bicyclic) bond motifs is 1. The van der Waals surface area contributed by atoms with Gasteiger partial charge in [-0.2, -0.15) is 0 Å². The van der Waals surface area contributed by atoms with Crippen LogP contribution in [0.2, 0.25) is 0 Å². The monoisotopic (exact) mass is 349 g/mol. The van der Waals surface area contributed by atoms with E-state index in [0.717, 1.165) is 11.3 Å². The van der Waals surface area contributed by atoms with E-state index in [4.69, 9.17) is 14.2 Å². The Labute approximate surface area is 146 Å². The third-order valence-electron chi connectivity index (χ3n) is 4.75. The topological polar surface area (TPSA) is 85.3 Å². The lowest BCUT2D eigenvalue weighted by Gasteiger charge is -2.36. The number of rotatable bonds is 5. The predicted molar refractivity (Wildman–Crippen MR) is 88.9 cm³/mol. The highest BCUT2D eigenvalue weighted by Gasteiger charge is 2.34. The highest BCUT2D eigenvalue weighted by molar-refractivity contribution is 5.84. The van der Waals surface area contributed by atoms with Crippen molar-refractivity contribution in [2.75, 3.05) is 33.5 Å². The molecule has 1 atom stereocenters. The Morgan fingerprint density at radius 2 is 2.08 bits per heavy atom. The Balaban J connectivity index is 1.74. The fraction of sp³-hybridized carbons (Fsp3) is 0.556. The van der Waals surface area contributed by atoms with Crippen LogP contribution in [0.5, 0.6) is 11.5 Å². The zero-order valence-corrected chi connectivity index (χ0v) is 14.3. The molecule has 1 amide bonds. The minimum atomic E-state index is -0.998. The summed E-state index contributed by atoms with van der Waals surface area (Å²) in [6, 6.07) is 5.45. The van der Waals surface area contributed by atoms with E-state index < -0.39 is 5.97 Å². The van der Waals surface area contributed by atoms with Crippen LogP contribution < -0.4 is 9.47 Å². The van der Waals surface area contributed by atoms with E-state index in [1.54, 1.807) is 7.11 Å². The summed E-state index contributed by atoms with van der Waals surface area (Å²) in [5.74, 6) is -0.0990.